The van der Waals surface area contributed by atoms with Gasteiger partial charge in [-0.2, -0.15) is 0 Å². The average Bonchev–Trinajstić information content (AvgIpc) is 2.28. The van der Waals surface area contributed by atoms with E-state index in [1.54, 1.807) is 30.1 Å². The first kappa shape index (κ1) is 14.3. The third-order valence-corrected chi connectivity index (χ3v) is 3.07. The highest BCUT2D eigenvalue weighted by Gasteiger charge is 2.17. The van der Waals surface area contributed by atoms with E-state index in [1.807, 2.05) is 7.05 Å². The smallest absolute Gasteiger partial charge is 0.256 e. The molecule has 0 aromatic heterocycles. The van der Waals surface area contributed by atoms with Crippen LogP contribution in [0.25, 0.3) is 0 Å². The number of hydrogen-bond acceptors (Lipinski definition) is 2. The number of benzene rings is 1. The Labute approximate surface area is 112 Å². The molecule has 0 unspecified atom stereocenters. The number of halogens is 2. The predicted molar refractivity (Wildman–Crippen MR) is 72.0 cm³/mol. The summed E-state index contributed by atoms with van der Waals surface area (Å²) in [7, 11) is 3.63. The van der Waals surface area contributed by atoms with E-state index >= 15 is 0 Å². The predicted octanol–water partition coefficient (Wildman–Crippen LogP) is 2.67. The van der Waals surface area contributed by atoms with Gasteiger partial charge in [0.1, 0.15) is 0 Å². The molecule has 1 aromatic rings. The summed E-state index contributed by atoms with van der Waals surface area (Å²) < 4.78 is 0. The lowest BCUT2D eigenvalue weighted by Gasteiger charge is -2.18. The lowest BCUT2D eigenvalue weighted by atomic mass is 10.2. The zero-order chi connectivity index (χ0) is 12.8. The summed E-state index contributed by atoms with van der Waals surface area (Å²) in [4.78, 5) is 13.7. The zero-order valence-electron chi connectivity index (χ0n) is 9.96. The van der Waals surface area contributed by atoms with Gasteiger partial charge in [0.2, 0.25) is 0 Å². The van der Waals surface area contributed by atoms with Crippen molar-refractivity contribution in [3.63, 3.8) is 0 Å². The molecule has 0 spiro atoms. The Morgan fingerprint density at radius 3 is 2.47 bits per heavy atom. The van der Waals surface area contributed by atoms with Crippen LogP contribution < -0.4 is 5.32 Å². The molecule has 1 amide bonds. The Morgan fingerprint density at radius 1 is 1.35 bits per heavy atom. The normalized spacial score (nSPS) is 10.4. The van der Waals surface area contributed by atoms with Crippen LogP contribution in [0, 0.1) is 0 Å². The van der Waals surface area contributed by atoms with E-state index in [2.05, 4.69) is 5.32 Å². The van der Waals surface area contributed by atoms with Gasteiger partial charge in [-0.25, -0.2) is 0 Å². The molecular formula is C12H16Cl2N2O. The quantitative estimate of drug-likeness (QED) is 0.838. The summed E-state index contributed by atoms with van der Waals surface area (Å²) in [6.45, 7) is 1.54. The van der Waals surface area contributed by atoms with Crippen molar-refractivity contribution < 1.29 is 4.79 Å². The third-order valence-electron chi connectivity index (χ3n) is 2.44. The first-order valence-electron chi connectivity index (χ1n) is 5.42. The second-order valence-corrected chi connectivity index (χ2v) is 4.59. The SMILES string of the molecule is CNCCCN(C)C(=O)c1c(Cl)cccc1Cl. The van der Waals surface area contributed by atoms with Gasteiger partial charge in [0.05, 0.1) is 15.6 Å². The Kier molecular flexibility index (Phi) is 5.75. The number of hydrogen-bond donors (Lipinski definition) is 1. The second kappa shape index (κ2) is 6.84. The van der Waals surface area contributed by atoms with Gasteiger partial charge in [0.25, 0.3) is 5.91 Å². The van der Waals surface area contributed by atoms with E-state index in [4.69, 9.17) is 23.2 Å². The van der Waals surface area contributed by atoms with Crippen LogP contribution in [0.3, 0.4) is 0 Å². The lowest BCUT2D eigenvalue weighted by Crippen LogP contribution is -2.29. The third kappa shape index (κ3) is 3.87. The number of nitrogens with zero attached hydrogens (tertiary/aromatic N) is 1. The van der Waals surface area contributed by atoms with Crippen LogP contribution in [0.15, 0.2) is 18.2 Å². The van der Waals surface area contributed by atoms with Crippen molar-refractivity contribution in [2.75, 3.05) is 27.2 Å². The molecule has 0 aliphatic carbocycles. The molecule has 17 heavy (non-hydrogen) atoms. The van der Waals surface area contributed by atoms with Gasteiger partial charge in [-0.15, -0.1) is 0 Å². The van der Waals surface area contributed by atoms with Gasteiger partial charge in [-0.3, -0.25) is 4.79 Å². The fraction of sp³-hybridized carbons (Fsp3) is 0.417. The van der Waals surface area contributed by atoms with Crippen LogP contribution in [0.2, 0.25) is 10.0 Å². The van der Waals surface area contributed by atoms with Crippen molar-refractivity contribution in [1.82, 2.24) is 10.2 Å². The van der Waals surface area contributed by atoms with Crippen molar-refractivity contribution in [3.05, 3.63) is 33.8 Å². The Bertz CT molecular complexity index is 376. The molecule has 0 aliphatic heterocycles. The van der Waals surface area contributed by atoms with Crippen LogP contribution in [0.5, 0.6) is 0 Å². The minimum Gasteiger partial charge on any atom is -0.342 e. The summed E-state index contributed by atoms with van der Waals surface area (Å²) in [5.41, 5.74) is 0.378. The van der Waals surface area contributed by atoms with Crippen molar-refractivity contribution in [1.29, 1.82) is 0 Å². The standard InChI is InChI=1S/C12H16Cl2N2O/c1-15-7-4-8-16(2)12(17)11-9(13)5-3-6-10(11)14/h3,5-6,15H,4,7-8H2,1-2H3. The number of carbonyl (C=O) groups excluding carboxylic acids is 1. The molecule has 0 saturated carbocycles. The zero-order valence-corrected chi connectivity index (χ0v) is 11.5. The highest BCUT2D eigenvalue weighted by molar-refractivity contribution is 6.39. The highest BCUT2D eigenvalue weighted by atomic mass is 35.5. The minimum atomic E-state index is -0.142. The Morgan fingerprint density at radius 2 is 1.94 bits per heavy atom. The molecule has 0 bridgehead atoms. The van der Waals surface area contributed by atoms with E-state index < -0.39 is 0 Å². The fourth-order valence-corrected chi connectivity index (χ4v) is 2.05. The van der Waals surface area contributed by atoms with E-state index in [9.17, 15) is 4.79 Å². The number of rotatable bonds is 5. The lowest BCUT2D eigenvalue weighted by molar-refractivity contribution is 0.0794. The average molecular weight is 275 g/mol. The van der Waals surface area contributed by atoms with Crippen molar-refractivity contribution >= 4 is 29.1 Å². The van der Waals surface area contributed by atoms with Crippen LogP contribution in [-0.4, -0.2) is 38.0 Å². The fourth-order valence-electron chi connectivity index (χ4n) is 1.49. The number of nitrogens with one attached hydrogen (secondary N) is 1. The van der Waals surface area contributed by atoms with Crippen molar-refractivity contribution in [2.45, 2.75) is 6.42 Å². The van der Waals surface area contributed by atoms with Gasteiger partial charge in [-0.05, 0) is 32.1 Å². The molecule has 3 nitrogen and oxygen atoms in total. The molecule has 94 valence electrons. The Balaban J connectivity index is 2.75. The summed E-state index contributed by atoms with van der Waals surface area (Å²) in [5, 5.41) is 3.82. The Hall–Kier alpha value is -0.770. The van der Waals surface area contributed by atoms with Crippen molar-refractivity contribution in [3.8, 4) is 0 Å². The first-order chi connectivity index (χ1) is 8.07. The van der Waals surface area contributed by atoms with E-state index in [0.29, 0.717) is 22.2 Å². The molecule has 0 aliphatic rings. The van der Waals surface area contributed by atoms with E-state index in [-0.39, 0.29) is 5.91 Å². The van der Waals surface area contributed by atoms with Crippen LogP contribution in [-0.2, 0) is 0 Å². The van der Waals surface area contributed by atoms with E-state index in [0.717, 1.165) is 13.0 Å². The molecule has 0 atom stereocenters. The molecule has 0 saturated heterocycles. The van der Waals surface area contributed by atoms with Crippen LogP contribution in [0.4, 0.5) is 0 Å². The summed E-state index contributed by atoms with van der Waals surface area (Å²) in [6, 6.07) is 5.06. The van der Waals surface area contributed by atoms with Gasteiger partial charge in [0.15, 0.2) is 0 Å². The van der Waals surface area contributed by atoms with Crippen LogP contribution in [0.1, 0.15) is 16.8 Å². The summed E-state index contributed by atoms with van der Waals surface area (Å²) in [5.74, 6) is -0.142. The molecule has 1 N–H and O–H groups in total. The van der Waals surface area contributed by atoms with Gasteiger partial charge >= 0.3 is 0 Å². The maximum Gasteiger partial charge on any atom is 0.256 e. The number of carbonyl (C=O) groups is 1. The van der Waals surface area contributed by atoms with Gasteiger partial charge in [-0.1, -0.05) is 29.3 Å². The summed E-state index contributed by atoms with van der Waals surface area (Å²) in [6.07, 6.45) is 0.890. The molecule has 1 rings (SSSR count). The molecule has 0 radical (unpaired) electrons. The highest BCUT2D eigenvalue weighted by Crippen LogP contribution is 2.25. The molecule has 0 heterocycles. The second-order valence-electron chi connectivity index (χ2n) is 3.78. The molecule has 1 aromatic carbocycles. The summed E-state index contributed by atoms with van der Waals surface area (Å²) >= 11 is 12.0. The largest absolute Gasteiger partial charge is 0.342 e. The monoisotopic (exact) mass is 274 g/mol. The topological polar surface area (TPSA) is 32.3 Å². The van der Waals surface area contributed by atoms with Crippen LogP contribution >= 0.6 is 23.2 Å². The van der Waals surface area contributed by atoms with E-state index in [1.165, 1.54) is 0 Å². The minimum absolute atomic E-state index is 0.142. The van der Waals surface area contributed by atoms with Crippen molar-refractivity contribution in [2.24, 2.45) is 0 Å². The molecule has 5 heteroatoms. The maximum absolute atomic E-state index is 12.1. The van der Waals surface area contributed by atoms with Gasteiger partial charge < -0.3 is 10.2 Å². The molecular weight excluding hydrogens is 259 g/mol. The maximum atomic E-state index is 12.1. The molecule has 0 fully saturated rings. The van der Waals surface area contributed by atoms with Gasteiger partial charge in [0, 0.05) is 13.6 Å². The first-order valence-corrected chi connectivity index (χ1v) is 6.17. The number of amides is 1.